The van der Waals surface area contributed by atoms with Crippen molar-refractivity contribution in [2.75, 3.05) is 6.61 Å². The molecule has 100 valence electrons. The number of fused-ring (bicyclic) bond motifs is 1. The van der Waals surface area contributed by atoms with Crippen molar-refractivity contribution in [3.05, 3.63) is 60.2 Å². The molecule has 0 saturated carbocycles. The van der Waals surface area contributed by atoms with Gasteiger partial charge in [0.2, 0.25) is 0 Å². The molecule has 20 heavy (non-hydrogen) atoms. The van der Waals surface area contributed by atoms with E-state index in [-0.39, 0.29) is 6.61 Å². The number of nitrogens with zero attached hydrogens (tertiary/aromatic N) is 1. The third-order valence-corrected chi connectivity index (χ3v) is 3.50. The maximum absolute atomic E-state index is 11.6. The van der Waals surface area contributed by atoms with E-state index in [0.29, 0.717) is 12.1 Å². The number of carbonyl (C=O) groups is 1. The van der Waals surface area contributed by atoms with E-state index in [4.69, 9.17) is 0 Å². The van der Waals surface area contributed by atoms with Gasteiger partial charge in [-0.15, -0.1) is 0 Å². The molecule has 1 heterocycles. The Morgan fingerprint density at radius 3 is 2.40 bits per heavy atom. The van der Waals surface area contributed by atoms with Crippen LogP contribution in [0, 0.1) is 0 Å². The summed E-state index contributed by atoms with van der Waals surface area (Å²) in [5, 5.41) is 10.2. The van der Waals surface area contributed by atoms with Crippen LogP contribution in [-0.4, -0.2) is 22.6 Å². The van der Waals surface area contributed by atoms with E-state index in [0.717, 1.165) is 28.4 Å². The summed E-state index contributed by atoms with van der Waals surface area (Å²) in [4.78, 5) is 11.6. The topological polar surface area (TPSA) is 42.2 Å². The van der Waals surface area contributed by atoms with Crippen molar-refractivity contribution in [2.45, 2.75) is 6.54 Å². The second-order valence-corrected chi connectivity index (χ2v) is 4.64. The minimum absolute atomic E-state index is 0.0385. The summed E-state index contributed by atoms with van der Waals surface area (Å²) in [6, 6.07) is 17.6. The van der Waals surface area contributed by atoms with Gasteiger partial charge in [0.1, 0.15) is 0 Å². The lowest BCUT2D eigenvalue weighted by Gasteiger charge is -2.09. The van der Waals surface area contributed by atoms with E-state index >= 15 is 0 Å². The molecule has 0 fully saturated rings. The first-order valence-corrected chi connectivity index (χ1v) is 6.59. The molecule has 0 radical (unpaired) electrons. The Kier molecular flexibility index (Phi) is 3.35. The Morgan fingerprint density at radius 1 is 1.00 bits per heavy atom. The van der Waals surface area contributed by atoms with E-state index in [9.17, 15) is 9.90 Å². The first kappa shape index (κ1) is 12.6. The van der Waals surface area contributed by atoms with Crippen LogP contribution in [0.25, 0.3) is 22.2 Å². The fourth-order valence-electron chi connectivity index (χ4n) is 2.69. The lowest BCUT2D eigenvalue weighted by atomic mass is 10.1. The van der Waals surface area contributed by atoms with Gasteiger partial charge in [0.25, 0.3) is 0 Å². The fourth-order valence-corrected chi connectivity index (χ4v) is 2.69. The van der Waals surface area contributed by atoms with Gasteiger partial charge in [-0.3, -0.25) is 4.79 Å². The molecule has 0 spiro atoms. The standard InChI is InChI=1S/C17H15NO2/c19-11-10-18-16-9-5-4-8-14(16)15(12-20)17(18)13-6-2-1-3-7-13/h1-9,12,19H,10-11H2. The van der Waals surface area contributed by atoms with Crippen LogP contribution < -0.4 is 0 Å². The molecule has 0 atom stereocenters. The molecule has 3 aromatic rings. The van der Waals surface area contributed by atoms with Crippen molar-refractivity contribution in [1.82, 2.24) is 4.57 Å². The number of rotatable bonds is 4. The second kappa shape index (κ2) is 5.31. The maximum Gasteiger partial charge on any atom is 0.152 e. The average Bonchev–Trinajstić information content (AvgIpc) is 2.82. The van der Waals surface area contributed by atoms with Crippen LogP contribution in [0.15, 0.2) is 54.6 Å². The van der Waals surface area contributed by atoms with Gasteiger partial charge >= 0.3 is 0 Å². The summed E-state index contributed by atoms with van der Waals surface area (Å²) in [7, 11) is 0. The third kappa shape index (κ3) is 1.92. The van der Waals surface area contributed by atoms with Gasteiger partial charge in [-0.2, -0.15) is 0 Å². The van der Waals surface area contributed by atoms with Gasteiger partial charge in [0.15, 0.2) is 6.29 Å². The van der Waals surface area contributed by atoms with Crippen molar-refractivity contribution >= 4 is 17.2 Å². The highest BCUT2D eigenvalue weighted by Crippen LogP contribution is 2.32. The monoisotopic (exact) mass is 265 g/mol. The quantitative estimate of drug-likeness (QED) is 0.736. The van der Waals surface area contributed by atoms with Crippen LogP contribution >= 0.6 is 0 Å². The van der Waals surface area contributed by atoms with E-state index in [1.54, 1.807) is 0 Å². The first-order valence-electron chi connectivity index (χ1n) is 6.59. The zero-order chi connectivity index (χ0) is 13.9. The predicted octanol–water partition coefficient (Wildman–Crippen LogP) is 3.11. The number of hydrogen-bond acceptors (Lipinski definition) is 2. The van der Waals surface area contributed by atoms with Crippen molar-refractivity contribution in [2.24, 2.45) is 0 Å². The average molecular weight is 265 g/mol. The summed E-state index contributed by atoms with van der Waals surface area (Å²) in [6.07, 6.45) is 0.901. The van der Waals surface area contributed by atoms with Crippen molar-refractivity contribution in [1.29, 1.82) is 0 Å². The van der Waals surface area contributed by atoms with Crippen LogP contribution in [-0.2, 0) is 6.54 Å². The number of aliphatic hydroxyl groups is 1. The number of para-hydroxylation sites is 1. The molecular formula is C17H15NO2. The van der Waals surface area contributed by atoms with Crippen LogP contribution in [0.4, 0.5) is 0 Å². The zero-order valence-corrected chi connectivity index (χ0v) is 11.0. The summed E-state index contributed by atoms with van der Waals surface area (Å²) in [6.45, 7) is 0.509. The Hall–Kier alpha value is -2.39. The van der Waals surface area contributed by atoms with Crippen molar-refractivity contribution < 1.29 is 9.90 Å². The number of aromatic nitrogens is 1. The van der Waals surface area contributed by atoms with Crippen LogP contribution in [0.3, 0.4) is 0 Å². The summed E-state index contributed by atoms with van der Waals surface area (Å²) in [5.74, 6) is 0. The van der Waals surface area contributed by atoms with Gasteiger partial charge < -0.3 is 9.67 Å². The summed E-state index contributed by atoms with van der Waals surface area (Å²) in [5.41, 5.74) is 3.51. The number of aliphatic hydroxyl groups excluding tert-OH is 1. The SMILES string of the molecule is O=Cc1c(-c2ccccc2)n(CCO)c2ccccc12. The lowest BCUT2D eigenvalue weighted by Crippen LogP contribution is -2.04. The molecule has 1 aromatic heterocycles. The molecule has 0 amide bonds. The molecular weight excluding hydrogens is 250 g/mol. The molecule has 0 unspecified atom stereocenters. The Labute approximate surface area is 117 Å². The van der Waals surface area contributed by atoms with Gasteiger partial charge in [-0.05, 0) is 11.6 Å². The number of hydrogen-bond donors (Lipinski definition) is 1. The highest BCUT2D eigenvalue weighted by atomic mass is 16.3. The molecule has 0 aliphatic carbocycles. The maximum atomic E-state index is 11.6. The second-order valence-electron chi connectivity index (χ2n) is 4.64. The molecule has 1 N–H and O–H groups in total. The minimum atomic E-state index is 0.0385. The highest BCUT2D eigenvalue weighted by Gasteiger charge is 2.17. The van der Waals surface area contributed by atoms with E-state index in [1.165, 1.54) is 0 Å². The molecule has 2 aromatic carbocycles. The van der Waals surface area contributed by atoms with E-state index < -0.39 is 0 Å². The highest BCUT2D eigenvalue weighted by molar-refractivity contribution is 6.05. The van der Waals surface area contributed by atoms with Gasteiger partial charge in [0.05, 0.1) is 12.3 Å². The lowest BCUT2D eigenvalue weighted by molar-refractivity contribution is 0.112. The molecule has 3 rings (SSSR count). The molecule has 0 aliphatic heterocycles. The molecule has 0 aliphatic rings. The van der Waals surface area contributed by atoms with Crippen molar-refractivity contribution in [3.8, 4) is 11.3 Å². The fraction of sp³-hybridized carbons (Fsp3) is 0.118. The number of carbonyl (C=O) groups excluding carboxylic acids is 1. The zero-order valence-electron chi connectivity index (χ0n) is 11.0. The smallest absolute Gasteiger partial charge is 0.152 e. The molecule has 3 heteroatoms. The first-order chi connectivity index (χ1) is 9.86. The van der Waals surface area contributed by atoms with Crippen LogP contribution in [0.5, 0.6) is 0 Å². The Morgan fingerprint density at radius 2 is 1.70 bits per heavy atom. The summed E-state index contributed by atoms with van der Waals surface area (Å²) >= 11 is 0. The van der Waals surface area contributed by atoms with Crippen molar-refractivity contribution in [3.63, 3.8) is 0 Å². The third-order valence-electron chi connectivity index (χ3n) is 3.50. The molecule has 3 nitrogen and oxygen atoms in total. The van der Waals surface area contributed by atoms with Crippen LogP contribution in [0.2, 0.25) is 0 Å². The summed E-state index contributed by atoms with van der Waals surface area (Å²) < 4.78 is 2.01. The van der Waals surface area contributed by atoms with Gasteiger partial charge in [-0.25, -0.2) is 0 Å². The Bertz CT molecular complexity index is 744. The Balaban J connectivity index is 2.39. The molecule has 0 bridgehead atoms. The predicted molar refractivity (Wildman–Crippen MR) is 79.8 cm³/mol. The van der Waals surface area contributed by atoms with E-state index in [1.807, 2.05) is 59.2 Å². The van der Waals surface area contributed by atoms with Gasteiger partial charge in [-0.1, -0.05) is 48.5 Å². The number of aldehydes is 1. The van der Waals surface area contributed by atoms with Crippen LogP contribution in [0.1, 0.15) is 10.4 Å². The number of benzene rings is 2. The largest absolute Gasteiger partial charge is 0.395 e. The van der Waals surface area contributed by atoms with Gasteiger partial charge in [0, 0.05) is 23.0 Å². The normalized spacial score (nSPS) is 10.8. The molecule has 0 saturated heterocycles. The van der Waals surface area contributed by atoms with E-state index in [2.05, 4.69) is 0 Å². The minimum Gasteiger partial charge on any atom is -0.395 e.